The summed E-state index contributed by atoms with van der Waals surface area (Å²) in [5, 5.41) is 7.88. The number of nitrogens with zero attached hydrogens (tertiary/aromatic N) is 3. The van der Waals surface area contributed by atoms with Gasteiger partial charge in [-0.2, -0.15) is 5.10 Å². The summed E-state index contributed by atoms with van der Waals surface area (Å²) in [6.45, 7) is 5.15. The lowest BCUT2D eigenvalue weighted by molar-refractivity contribution is 0.0892. The van der Waals surface area contributed by atoms with Crippen LogP contribution in [0.3, 0.4) is 0 Å². The fourth-order valence-electron chi connectivity index (χ4n) is 4.09. The molecule has 1 saturated heterocycles. The molecule has 0 spiro atoms. The zero-order valence-electron chi connectivity index (χ0n) is 13.1. The van der Waals surface area contributed by atoms with Crippen LogP contribution in [0.25, 0.3) is 0 Å². The van der Waals surface area contributed by atoms with Gasteiger partial charge in [0.05, 0.1) is 25.3 Å². The minimum atomic E-state index is 0.00825. The van der Waals surface area contributed by atoms with Crippen LogP contribution in [0, 0.1) is 5.92 Å². The molecule has 22 heavy (non-hydrogen) atoms. The van der Waals surface area contributed by atoms with Crippen LogP contribution in [-0.2, 0) is 4.74 Å². The second-order valence-electron chi connectivity index (χ2n) is 6.77. The number of fused-ring (bicyclic) bond motifs is 1. The Labute approximate surface area is 130 Å². The molecule has 4 rings (SSSR count). The van der Waals surface area contributed by atoms with Crippen LogP contribution in [0.2, 0.25) is 0 Å². The zero-order valence-corrected chi connectivity index (χ0v) is 13.1. The normalized spacial score (nSPS) is 29.5. The monoisotopic (exact) mass is 304 g/mol. The number of anilines is 1. The van der Waals surface area contributed by atoms with Crippen molar-refractivity contribution >= 4 is 11.7 Å². The molecule has 120 valence electrons. The maximum absolute atomic E-state index is 12.2. The molecule has 2 atom stereocenters. The fraction of sp³-hybridized carbons (Fsp3) is 0.750. The number of carbonyl (C=O) groups is 1. The van der Waals surface area contributed by atoms with E-state index in [1.165, 1.54) is 25.7 Å². The Kier molecular flexibility index (Phi) is 3.56. The molecule has 0 bridgehead atoms. The highest BCUT2D eigenvalue weighted by molar-refractivity contribution is 5.94. The largest absolute Gasteiger partial charge is 0.377 e. The molecule has 2 fully saturated rings. The van der Waals surface area contributed by atoms with Crippen LogP contribution in [0.1, 0.15) is 49.1 Å². The lowest BCUT2D eigenvalue weighted by Gasteiger charge is -2.33. The first-order valence-corrected chi connectivity index (χ1v) is 8.46. The third-order valence-electron chi connectivity index (χ3n) is 5.35. The molecule has 1 amide bonds. The highest BCUT2D eigenvalue weighted by Crippen LogP contribution is 2.36. The van der Waals surface area contributed by atoms with Crippen molar-refractivity contribution in [2.45, 2.75) is 44.7 Å². The van der Waals surface area contributed by atoms with Gasteiger partial charge in [-0.05, 0) is 25.7 Å². The van der Waals surface area contributed by atoms with Crippen LogP contribution >= 0.6 is 0 Å². The van der Waals surface area contributed by atoms with Crippen LogP contribution in [0.15, 0.2) is 6.07 Å². The fourth-order valence-corrected chi connectivity index (χ4v) is 4.09. The van der Waals surface area contributed by atoms with Gasteiger partial charge in [0.15, 0.2) is 5.82 Å². The minimum absolute atomic E-state index is 0.00825. The van der Waals surface area contributed by atoms with Gasteiger partial charge in [0.25, 0.3) is 5.91 Å². The van der Waals surface area contributed by atoms with E-state index in [1.54, 1.807) is 0 Å². The summed E-state index contributed by atoms with van der Waals surface area (Å²) in [7, 11) is 0. The number of ether oxygens (including phenoxy) is 1. The van der Waals surface area contributed by atoms with E-state index in [2.05, 4.69) is 17.1 Å². The topological polar surface area (TPSA) is 59.4 Å². The van der Waals surface area contributed by atoms with Crippen molar-refractivity contribution in [3.05, 3.63) is 11.8 Å². The maximum atomic E-state index is 12.2. The van der Waals surface area contributed by atoms with Crippen molar-refractivity contribution in [2.75, 3.05) is 31.2 Å². The number of amides is 1. The van der Waals surface area contributed by atoms with E-state index in [1.807, 2.05) is 10.7 Å². The molecule has 1 saturated carbocycles. The number of morpholine rings is 1. The summed E-state index contributed by atoms with van der Waals surface area (Å²) in [5.74, 6) is 1.58. The van der Waals surface area contributed by atoms with Crippen molar-refractivity contribution in [2.24, 2.45) is 5.92 Å². The number of rotatable bonds is 2. The highest BCUT2D eigenvalue weighted by atomic mass is 16.5. The Morgan fingerprint density at radius 1 is 1.36 bits per heavy atom. The first-order valence-electron chi connectivity index (χ1n) is 8.46. The van der Waals surface area contributed by atoms with Gasteiger partial charge in [-0.25, -0.2) is 0 Å². The minimum Gasteiger partial charge on any atom is -0.377 e. The number of hydrogen-bond donors (Lipinski definition) is 1. The van der Waals surface area contributed by atoms with Gasteiger partial charge < -0.3 is 15.0 Å². The van der Waals surface area contributed by atoms with Crippen molar-refractivity contribution in [1.82, 2.24) is 15.1 Å². The van der Waals surface area contributed by atoms with Gasteiger partial charge in [-0.15, -0.1) is 0 Å². The van der Waals surface area contributed by atoms with Crippen LogP contribution in [0.5, 0.6) is 0 Å². The molecule has 6 heteroatoms. The van der Waals surface area contributed by atoms with Gasteiger partial charge in [0.2, 0.25) is 0 Å². The van der Waals surface area contributed by atoms with E-state index in [0.29, 0.717) is 18.0 Å². The summed E-state index contributed by atoms with van der Waals surface area (Å²) < 4.78 is 7.51. The van der Waals surface area contributed by atoms with Gasteiger partial charge in [-0.3, -0.25) is 9.48 Å². The molecule has 1 aliphatic carbocycles. The third kappa shape index (κ3) is 2.29. The van der Waals surface area contributed by atoms with Crippen molar-refractivity contribution in [3.8, 4) is 0 Å². The Balaban J connectivity index is 1.66. The Hall–Kier alpha value is -1.56. The Morgan fingerprint density at radius 3 is 2.95 bits per heavy atom. The van der Waals surface area contributed by atoms with E-state index in [-0.39, 0.29) is 5.91 Å². The molecule has 2 aliphatic heterocycles. The van der Waals surface area contributed by atoms with Crippen LogP contribution in [0.4, 0.5) is 5.82 Å². The summed E-state index contributed by atoms with van der Waals surface area (Å²) in [4.78, 5) is 14.5. The van der Waals surface area contributed by atoms with E-state index in [9.17, 15) is 4.79 Å². The first kappa shape index (κ1) is 14.1. The molecule has 3 aliphatic rings. The summed E-state index contributed by atoms with van der Waals surface area (Å²) in [5.41, 5.74) is 0.719. The van der Waals surface area contributed by atoms with Gasteiger partial charge in [0.1, 0.15) is 5.69 Å². The van der Waals surface area contributed by atoms with Crippen molar-refractivity contribution in [1.29, 1.82) is 0 Å². The second-order valence-corrected chi connectivity index (χ2v) is 6.77. The predicted molar refractivity (Wildman–Crippen MR) is 83.2 cm³/mol. The number of nitrogens with one attached hydrogen (secondary N) is 1. The quantitative estimate of drug-likeness (QED) is 0.901. The SMILES string of the molecule is C[C@@H]1COCCN1c1cc2n(n1)[C@H](C1CCCC1)CNC2=O. The molecule has 1 N–H and O–H groups in total. The van der Waals surface area contributed by atoms with Gasteiger partial charge in [-0.1, -0.05) is 12.8 Å². The molecule has 0 unspecified atom stereocenters. The van der Waals surface area contributed by atoms with E-state index in [0.717, 1.165) is 37.8 Å². The predicted octanol–water partition coefficient (Wildman–Crippen LogP) is 1.58. The van der Waals surface area contributed by atoms with Crippen molar-refractivity contribution < 1.29 is 9.53 Å². The third-order valence-corrected chi connectivity index (χ3v) is 5.35. The zero-order chi connectivity index (χ0) is 15.1. The highest BCUT2D eigenvalue weighted by Gasteiger charge is 2.35. The van der Waals surface area contributed by atoms with E-state index in [4.69, 9.17) is 9.84 Å². The summed E-state index contributed by atoms with van der Waals surface area (Å²) >= 11 is 0. The van der Waals surface area contributed by atoms with Crippen LogP contribution in [-0.4, -0.2) is 48.0 Å². The van der Waals surface area contributed by atoms with Crippen LogP contribution < -0.4 is 10.2 Å². The molecular weight excluding hydrogens is 280 g/mol. The number of aromatic nitrogens is 2. The number of hydrogen-bond acceptors (Lipinski definition) is 4. The average molecular weight is 304 g/mol. The lowest BCUT2D eigenvalue weighted by atomic mass is 9.96. The Morgan fingerprint density at radius 2 is 2.18 bits per heavy atom. The second kappa shape index (κ2) is 5.57. The molecule has 0 radical (unpaired) electrons. The molecule has 1 aromatic rings. The molecule has 1 aromatic heterocycles. The number of carbonyl (C=O) groups excluding carboxylic acids is 1. The standard InChI is InChI=1S/C16H24N4O2/c1-11-10-22-7-6-19(11)15-8-13-16(21)17-9-14(20(13)18-15)12-4-2-3-5-12/h8,11-12,14H,2-7,9-10H2,1H3,(H,17,21)/t11-,14+/m1/s1. The molecule has 6 nitrogen and oxygen atoms in total. The molecule has 3 heterocycles. The van der Waals surface area contributed by atoms with E-state index >= 15 is 0 Å². The maximum Gasteiger partial charge on any atom is 0.269 e. The van der Waals surface area contributed by atoms with Crippen molar-refractivity contribution in [3.63, 3.8) is 0 Å². The van der Waals surface area contributed by atoms with Gasteiger partial charge in [0, 0.05) is 19.2 Å². The smallest absolute Gasteiger partial charge is 0.269 e. The van der Waals surface area contributed by atoms with E-state index < -0.39 is 0 Å². The molecule has 0 aromatic carbocycles. The lowest BCUT2D eigenvalue weighted by Crippen LogP contribution is -2.44. The van der Waals surface area contributed by atoms with Gasteiger partial charge >= 0.3 is 0 Å². The average Bonchev–Trinajstić information content (AvgIpc) is 3.17. The summed E-state index contributed by atoms with van der Waals surface area (Å²) in [6, 6.07) is 2.58. The molecular formula is C16H24N4O2. The Bertz CT molecular complexity index is 564. The first-order chi connectivity index (χ1) is 10.7. The summed E-state index contributed by atoms with van der Waals surface area (Å²) in [6.07, 6.45) is 5.12.